The predicted octanol–water partition coefficient (Wildman–Crippen LogP) is 3.79. The number of nitrogens with one attached hydrogen (secondary N) is 1. The molecule has 0 radical (unpaired) electrons. The molecule has 2 aromatic heterocycles. The van der Waals surface area contributed by atoms with Crippen LogP contribution in [0.5, 0.6) is 0 Å². The summed E-state index contributed by atoms with van der Waals surface area (Å²) in [5.41, 5.74) is 2.74. The van der Waals surface area contributed by atoms with E-state index in [4.69, 9.17) is 4.42 Å². The fourth-order valence-electron chi connectivity index (χ4n) is 2.52. The van der Waals surface area contributed by atoms with Crippen LogP contribution in [0, 0.1) is 25.2 Å². The Hall–Kier alpha value is -3.06. The van der Waals surface area contributed by atoms with Crippen LogP contribution < -0.4 is 5.56 Å². The lowest BCUT2D eigenvalue weighted by Gasteiger charge is -2.10. The smallest absolute Gasteiger partial charge is 0.266 e. The molecule has 1 aromatic carbocycles. The highest BCUT2D eigenvalue weighted by Crippen LogP contribution is 2.34. The second kappa shape index (κ2) is 5.38. The Bertz CT molecular complexity index is 942. The van der Waals surface area contributed by atoms with Crippen molar-refractivity contribution in [2.75, 3.05) is 0 Å². The second-order valence-corrected chi connectivity index (χ2v) is 5.14. The average Bonchev–Trinajstić information content (AvgIpc) is 2.93. The molecule has 1 N–H and O–H groups in total. The first-order chi connectivity index (χ1) is 10.6. The number of benzene rings is 1. The van der Waals surface area contributed by atoms with Gasteiger partial charge in [0.25, 0.3) is 5.56 Å². The Morgan fingerprint density at radius 2 is 1.77 bits per heavy atom. The van der Waals surface area contributed by atoms with Crippen molar-refractivity contribution in [1.29, 1.82) is 5.26 Å². The summed E-state index contributed by atoms with van der Waals surface area (Å²) in [6.07, 6.45) is 0. The normalized spacial score (nSPS) is 10.4. The van der Waals surface area contributed by atoms with Gasteiger partial charge in [0.05, 0.1) is 0 Å². The molecule has 0 saturated carbocycles. The molecular formula is C18H14N2O2. The maximum Gasteiger partial charge on any atom is 0.266 e. The number of nitrogens with zero attached hydrogens (tertiary/aromatic N) is 1. The van der Waals surface area contributed by atoms with Gasteiger partial charge in [0.15, 0.2) is 0 Å². The lowest BCUT2D eigenvalue weighted by molar-refractivity contribution is 0.548. The van der Waals surface area contributed by atoms with Gasteiger partial charge < -0.3 is 9.40 Å². The number of pyridine rings is 1. The highest BCUT2D eigenvalue weighted by Gasteiger charge is 2.15. The maximum absolute atomic E-state index is 12.0. The van der Waals surface area contributed by atoms with E-state index >= 15 is 0 Å². The van der Waals surface area contributed by atoms with E-state index in [9.17, 15) is 10.1 Å². The average molecular weight is 290 g/mol. The molecule has 2 heterocycles. The first-order valence-electron chi connectivity index (χ1n) is 6.90. The van der Waals surface area contributed by atoms with Gasteiger partial charge in [-0.1, -0.05) is 24.3 Å². The zero-order chi connectivity index (χ0) is 15.7. The summed E-state index contributed by atoms with van der Waals surface area (Å²) in [6, 6.07) is 15.2. The van der Waals surface area contributed by atoms with Crippen LogP contribution in [-0.2, 0) is 0 Å². The zero-order valence-electron chi connectivity index (χ0n) is 12.3. The molecule has 0 aliphatic heterocycles. The number of hydrogen-bond acceptors (Lipinski definition) is 3. The zero-order valence-corrected chi connectivity index (χ0v) is 12.3. The molecule has 4 heteroatoms. The third-order valence-corrected chi connectivity index (χ3v) is 3.50. The Balaban J connectivity index is 2.31. The van der Waals surface area contributed by atoms with E-state index in [1.54, 1.807) is 6.92 Å². The molecule has 0 bridgehead atoms. The minimum atomic E-state index is -0.372. The molecule has 0 aliphatic rings. The summed E-state index contributed by atoms with van der Waals surface area (Å²) in [5.74, 6) is 1.53. The fourth-order valence-corrected chi connectivity index (χ4v) is 2.52. The van der Waals surface area contributed by atoms with Crippen LogP contribution in [0.4, 0.5) is 0 Å². The standard InChI is InChI=1S/C18H14N2O2/c1-11-9-15(16(10-19)18(21)20-11)13-5-3-4-6-14(13)17-8-7-12(2)22-17/h3-9H,1-2H3,(H,20,21). The summed E-state index contributed by atoms with van der Waals surface area (Å²) in [5, 5.41) is 9.32. The number of nitriles is 1. The predicted molar refractivity (Wildman–Crippen MR) is 84.4 cm³/mol. The number of aryl methyl sites for hydroxylation is 2. The Morgan fingerprint density at radius 3 is 2.41 bits per heavy atom. The maximum atomic E-state index is 12.0. The summed E-state index contributed by atoms with van der Waals surface area (Å²) < 4.78 is 5.70. The number of furan rings is 1. The number of hydrogen-bond donors (Lipinski definition) is 1. The number of aromatic amines is 1. The number of rotatable bonds is 2. The molecule has 22 heavy (non-hydrogen) atoms. The molecule has 0 atom stereocenters. The van der Waals surface area contributed by atoms with E-state index in [-0.39, 0.29) is 11.1 Å². The molecule has 108 valence electrons. The van der Waals surface area contributed by atoms with Crippen LogP contribution in [0.2, 0.25) is 0 Å². The first-order valence-corrected chi connectivity index (χ1v) is 6.90. The van der Waals surface area contributed by atoms with Gasteiger partial charge in [-0.3, -0.25) is 4.79 Å². The van der Waals surface area contributed by atoms with Crippen molar-refractivity contribution in [1.82, 2.24) is 4.98 Å². The fraction of sp³-hybridized carbons (Fsp3) is 0.111. The summed E-state index contributed by atoms with van der Waals surface area (Å²) in [7, 11) is 0. The topological polar surface area (TPSA) is 69.8 Å². The molecule has 3 aromatic rings. The summed E-state index contributed by atoms with van der Waals surface area (Å²) >= 11 is 0. The lowest BCUT2D eigenvalue weighted by atomic mass is 9.95. The Morgan fingerprint density at radius 1 is 1.05 bits per heavy atom. The Kier molecular flexibility index (Phi) is 3.40. The SMILES string of the molecule is Cc1cc(-c2ccccc2-c2ccc(C)o2)c(C#N)c(=O)[nH]1. The quantitative estimate of drug-likeness (QED) is 0.780. The van der Waals surface area contributed by atoms with E-state index in [0.29, 0.717) is 11.3 Å². The summed E-state index contributed by atoms with van der Waals surface area (Å²) in [6.45, 7) is 3.68. The molecule has 0 amide bonds. The molecule has 0 unspecified atom stereocenters. The van der Waals surface area contributed by atoms with Gasteiger partial charge in [-0.05, 0) is 37.6 Å². The number of aromatic nitrogens is 1. The van der Waals surface area contributed by atoms with Gasteiger partial charge in [-0.25, -0.2) is 0 Å². The van der Waals surface area contributed by atoms with E-state index in [2.05, 4.69) is 4.98 Å². The van der Waals surface area contributed by atoms with Gasteiger partial charge in [0, 0.05) is 16.8 Å². The van der Waals surface area contributed by atoms with E-state index in [1.807, 2.05) is 55.5 Å². The molecular weight excluding hydrogens is 276 g/mol. The van der Waals surface area contributed by atoms with E-state index < -0.39 is 0 Å². The van der Waals surface area contributed by atoms with Crippen LogP contribution in [0.3, 0.4) is 0 Å². The van der Waals surface area contributed by atoms with Gasteiger partial charge in [-0.2, -0.15) is 5.26 Å². The lowest BCUT2D eigenvalue weighted by Crippen LogP contribution is -2.12. The minimum absolute atomic E-state index is 0.112. The van der Waals surface area contributed by atoms with Crippen molar-refractivity contribution < 1.29 is 4.42 Å². The summed E-state index contributed by atoms with van der Waals surface area (Å²) in [4.78, 5) is 14.7. The van der Waals surface area contributed by atoms with Crippen molar-refractivity contribution in [2.45, 2.75) is 13.8 Å². The molecule has 0 saturated heterocycles. The molecule has 0 spiro atoms. The molecule has 3 rings (SSSR count). The van der Waals surface area contributed by atoms with Crippen LogP contribution in [0.25, 0.3) is 22.5 Å². The van der Waals surface area contributed by atoms with Crippen molar-refractivity contribution in [3.05, 3.63) is 69.8 Å². The second-order valence-electron chi connectivity index (χ2n) is 5.14. The largest absolute Gasteiger partial charge is 0.461 e. The van der Waals surface area contributed by atoms with Gasteiger partial charge in [0.1, 0.15) is 23.2 Å². The Labute approximate surface area is 127 Å². The highest BCUT2D eigenvalue weighted by molar-refractivity contribution is 5.84. The third-order valence-electron chi connectivity index (χ3n) is 3.50. The van der Waals surface area contributed by atoms with Crippen molar-refractivity contribution in [3.63, 3.8) is 0 Å². The van der Waals surface area contributed by atoms with E-state index in [1.165, 1.54) is 0 Å². The number of H-pyrrole nitrogens is 1. The monoisotopic (exact) mass is 290 g/mol. The van der Waals surface area contributed by atoms with Crippen LogP contribution >= 0.6 is 0 Å². The van der Waals surface area contributed by atoms with Gasteiger partial charge in [0.2, 0.25) is 0 Å². The van der Waals surface area contributed by atoms with E-state index in [0.717, 1.165) is 22.6 Å². The van der Waals surface area contributed by atoms with Crippen LogP contribution in [0.1, 0.15) is 17.0 Å². The van der Waals surface area contributed by atoms with Crippen molar-refractivity contribution in [3.8, 4) is 28.5 Å². The molecule has 4 nitrogen and oxygen atoms in total. The van der Waals surface area contributed by atoms with Gasteiger partial charge in [-0.15, -0.1) is 0 Å². The van der Waals surface area contributed by atoms with Gasteiger partial charge >= 0.3 is 0 Å². The molecule has 0 fully saturated rings. The van der Waals surface area contributed by atoms with Crippen molar-refractivity contribution in [2.24, 2.45) is 0 Å². The van der Waals surface area contributed by atoms with Crippen LogP contribution in [0.15, 0.2) is 51.7 Å². The molecule has 0 aliphatic carbocycles. The third kappa shape index (κ3) is 2.33. The van der Waals surface area contributed by atoms with Crippen molar-refractivity contribution >= 4 is 0 Å². The minimum Gasteiger partial charge on any atom is -0.461 e. The van der Waals surface area contributed by atoms with Crippen LogP contribution in [-0.4, -0.2) is 4.98 Å². The first kappa shape index (κ1) is 13.9. The highest BCUT2D eigenvalue weighted by atomic mass is 16.3.